The minimum atomic E-state index is -3.43. The maximum absolute atomic E-state index is 13.7. The van der Waals surface area contributed by atoms with Crippen molar-refractivity contribution in [2.75, 3.05) is 19.6 Å². The molecule has 1 saturated heterocycles. The fourth-order valence-electron chi connectivity index (χ4n) is 4.54. The molecule has 4 rings (SSSR count). The van der Waals surface area contributed by atoms with Crippen LogP contribution in [0.15, 0.2) is 53.4 Å². The number of fused-ring (bicyclic) bond motifs is 1. The van der Waals surface area contributed by atoms with Crippen molar-refractivity contribution in [1.82, 2.24) is 10.2 Å². The van der Waals surface area contributed by atoms with Gasteiger partial charge in [0.2, 0.25) is 0 Å². The fourth-order valence-corrected chi connectivity index (χ4v) is 6.79. The van der Waals surface area contributed by atoms with Gasteiger partial charge in [0.15, 0.2) is 9.84 Å². The van der Waals surface area contributed by atoms with Crippen LogP contribution in [0.1, 0.15) is 29.5 Å². The molecule has 2 aliphatic heterocycles. The van der Waals surface area contributed by atoms with Gasteiger partial charge < -0.3 is 5.32 Å². The number of rotatable bonds is 4. The molecule has 4 nitrogen and oxygen atoms in total. The topological polar surface area (TPSA) is 49.4 Å². The monoisotopic (exact) mass is 420 g/mol. The Balaban J connectivity index is 0.00000225. The average molecular weight is 421 g/mol. The molecule has 0 radical (unpaired) electrons. The molecule has 28 heavy (non-hydrogen) atoms. The Labute approximate surface area is 174 Å². The van der Waals surface area contributed by atoms with Gasteiger partial charge in [-0.05, 0) is 74.0 Å². The van der Waals surface area contributed by atoms with E-state index in [4.69, 9.17) is 0 Å². The van der Waals surface area contributed by atoms with Crippen molar-refractivity contribution in [3.8, 4) is 0 Å². The zero-order valence-corrected chi connectivity index (χ0v) is 17.9. The molecular weight excluding hydrogens is 392 g/mol. The summed E-state index contributed by atoms with van der Waals surface area (Å²) in [5.41, 5.74) is 3.61. The zero-order chi connectivity index (χ0) is 18.9. The standard InChI is InChI=1S/C22H28N2O2S.ClH/c1-17-5-4-8-21(15-17)27(25,26)22(19-9-12-23-13-10-19)24-14-11-18-6-2-3-7-20(18)16-24;/h2-8,15,19,22-23H,9-14,16H2,1H3;1H. The molecule has 0 amide bonds. The van der Waals surface area contributed by atoms with E-state index in [0.29, 0.717) is 4.90 Å². The molecule has 2 aliphatic rings. The van der Waals surface area contributed by atoms with Crippen LogP contribution in [0.3, 0.4) is 0 Å². The van der Waals surface area contributed by atoms with Crippen molar-refractivity contribution in [1.29, 1.82) is 0 Å². The van der Waals surface area contributed by atoms with E-state index in [9.17, 15) is 8.42 Å². The van der Waals surface area contributed by atoms with E-state index in [0.717, 1.165) is 51.0 Å². The summed E-state index contributed by atoms with van der Waals surface area (Å²) < 4.78 is 27.5. The van der Waals surface area contributed by atoms with E-state index in [1.54, 1.807) is 6.07 Å². The lowest BCUT2D eigenvalue weighted by molar-refractivity contribution is 0.159. The second kappa shape index (κ2) is 8.95. The number of nitrogens with one attached hydrogen (secondary N) is 1. The van der Waals surface area contributed by atoms with Gasteiger partial charge in [0.05, 0.1) is 4.90 Å². The molecule has 2 aromatic carbocycles. The van der Waals surface area contributed by atoms with Crippen LogP contribution in [0, 0.1) is 12.8 Å². The molecule has 1 fully saturated rings. The van der Waals surface area contributed by atoms with Crippen LogP contribution in [0.4, 0.5) is 0 Å². The highest BCUT2D eigenvalue weighted by Gasteiger charge is 2.40. The largest absolute Gasteiger partial charge is 0.317 e. The number of benzene rings is 2. The molecule has 0 saturated carbocycles. The van der Waals surface area contributed by atoms with Crippen molar-refractivity contribution in [3.63, 3.8) is 0 Å². The van der Waals surface area contributed by atoms with Crippen LogP contribution >= 0.6 is 12.4 Å². The molecule has 0 aromatic heterocycles. The summed E-state index contributed by atoms with van der Waals surface area (Å²) in [5, 5.41) is 2.93. The number of nitrogens with zero attached hydrogens (tertiary/aromatic N) is 1. The van der Waals surface area contributed by atoms with Crippen LogP contribution in [0.5, 0.6) is 0 Å². The van der Waals surface area contributed by atoms with Crippen LogP contribution < -0.4 is 5.32 Å². The first-order valence-corrected chi connectivity index (χ1v) is 11.4. The summed E-state index contributed by atoms with van der Waals surface area (Å²) in [5.74, 6) is 0.169. The molecule has 0 bridgehead atoms. The normalized spacial score (nSPS) is 19.5. The Morgan fingerprint density at radius 2 is 1.75 bits per heavy atom. The van der Waals surface area contributed by atoms with E-state index in [-0.39, 0.29) is 18.3 Å². The second-order valence-corrected chi connectivity index (χ2v) is 9.87. The molecule has 0 spiro atoms. The van der Waals surface area contributed by atoms with Crippen LogP contribution in [0.2, 0.25) is 0 Å². The van der Waals surface area contributed by atoms with Gasteiger partial charge in [-0.3, -0.25) is 4.90 Å². The van der Waals surface area contributed by atoms with Crippen molar-refractivity contribution in [2.45, 2.75) is 43.0 Å². The summed E-state index contributed by atoms with van der Waals surface area (Å²) in [6.07, 6.45) is 2.74. The predicted molar refractivity (Wildman–Crippen MR) is 116 cm³/mol. The molecule has 1 atom stereocenters. The third-order valence-electron chi connectivity index (χ3n) is 5.94. The summed E-state index contributed by atoms with van der Waals surface area (Å²) in [6, 6.07) is 15.8. The minimum absolute atomic E-state index is 0. The molecule has 152 valence electrons. The lowest BCUT2D eigenvalue weighted by Crippen LogP contribution is -2.50. The van der Waals surface area contributed by atoms with E-state index in [2.05, 4.69) is 34.5 Å². The maximum atomic E-state index is 13.7. The number of halogens is 1. The molecular formula is C22H29ClN2O2S. The second-order valence-electron chi connectivity index (χ2n) is 7.83. The molecule has 0 aliphatic carbocycles. The Kier molecular flexibility index (Phi) is 6.81. The Hall–Kier alpha value is -1.40. The first kappa shape index (κ1) is 21.3. The van der Waals surface area contributed by atoms with Crippen molar-refractivity contribution < 1.29 is 8.42 Å². The van der Waals surface area contributed by atoms with Crippen molar-refractivity contribution in [2.24, 2.45) is 5.92 Å². The van der Waals surface area contributed by atoms with Gasteiger partial charge in [0.25, 0.3) is 0 Å². The molecule has 1 unspecified atom stereocenters. The van der Waals surface area contributed by atoms with Crippen molar-refractivity contribution >= 4 is 22.2 Å². The summed E-state index contributed by atoms with van der Waals surface area (Å²) in [6.45, 7) is 5.27. The summed E-state index contributed by atoms with van der Waals surface area (Å²) >= 11 is 0. The maximum Gasteiger partial charge on any atom is 0.194 e. The quantitative estimate of drug-likeness (QED) is 0.821. The lowest BCUT2D eigenvalue weighted by atomic mass is 9.94. The molecule has 6 heteroatoms. The molecule has 2 heterocycles. The number of hydrogen-bond donors (Lipinski definition) is 1. The molecule has 2 aromatic rings. The van der Waals surface area contributed by atoms with E-state index < -0.39 is 15.2 Å². The smallest absolute Gasteiger partial charge is 0.194 e. The first-order chi connectivity index (χ1) is 13.1. The van der Waals surface area contributed by atoms with Gasteiger partial charge in [-0.15, -0.1) is 12.4 Å². The predicted octanol–water partition coefficient (Wildman–Crippen LogP) is 3.57. The van der Waals surface area contributed by atoms with Gasteiger partial charge >= 0.3 is 0 Å². The lowest BCUT2D eigenvalue weighted by Gasteiger charge is -2.40. The fraction of sp³-hybridized carbons (Fsp3) is 0.455. The third-order valence-corrected chi connectivity index (χ3v) is 8.17. The van der Waals surface area contributed by atoms with Crippen LogP contribution in [-0.2, 0) is 22.8 Å². The van der Waals surface area contributed by atoms with E-state index in [1.165, 1.54) is 11.1 Å². The number of hydrogen-bond acceptors (Lipinski definition) is 4. The van der Waals surface area contributed by atoms with Gasteiger partial charge in [-0.1, -0.05) is 36.4 Å². The van der Waals surface area contributed by atoms with Crippen LogP contribution in [0.25, 0.3) is 0 Å². The summed E-state index contributed by atoms with van der Waals surface area (Å²) in [7, 11) is -3.43. The average Bonchev–Trinajstić information content (AvgIpc) is 2.69. The van der Waals surface area contributed by atoms with Gasteiger partial charge in [-0.25, -0.2) is 8.42 Å². The number of aryl methyl sites for hydroxylation is 1. The first-order valence-electron chi connectivity index (χ1n) is 9.88. The molecule has 1 N–H and O–H groups in total. The van der Waals surface area contributed by atoms with Gasteiger partial charge in [-0.2, -0.15) is 0 Å². The highest BCUT2D eigenvalue weighted by atomic mass is 35.5. The Morgan fingerprint density at radius 3 is 2.46 bits per heavy atom. The highest BCUT2D eigenvalue weighted by molar-refractivity contribution is 7.92. The minimum Gasteiger partial charge on any atom is -0.317 e. The van der Waals surface area contributed by atoms with E-state index >= 15 is 0 Å². The van der Waals surface area contributed by atoms with Crippen LogP contribution in [-0.4, -0.2) is 38.3 Å². The van der Waals surface area contributed by atoms with Crippen molar-refractivity contribution in [3.05, 3.63) is 65.2 Å². The third kappa shape index (κ3) is 4.28. The van der Waals surface area contributed by atoms with E-state index in [1.807, 2.05) is 25.1 Å². The van der Waals surface area contributed by atoms with Gasteiger partial charge in [0, 0.05) is 13.1 Å². The Morgan fingerprint density at radius 1 is 1.04 bits per heavy atom. The summed E-state index contributed by atoms with van der Waals surface area (Å²) in [4.78, 5) is 2.68. The zero-order valence-electron chi connectivity index (χ0n) is 16.3. The number of sulfone groups is 1. The van der Waals surface area contributed by atoms with Gasteiger partial charge in [0.1, 0.15) is 5.37 Å². The highest BCUT2D eigenvalue weighted by Crippen LogP contribution is 2.33. The number of piperidine rings is 1. The SMILES string of the molecule is Cc1cccc(S(=O)(=O)C(C2CCNCC2)N2CCc3ccccc3C2)c1.Cl. The Bertz CT molecular complexity index is 910.